The summed E-state index contributed by atoms with van der Waals surface area (Å²) in [5.74, 6) is -7.75. The number of aliphatic hydroxyl groups excluding tert-OH is 8. The number of hydrazine groups is 1. The average Bonchev–Trinajstić information content (AvgIpc) is 1.49. The summed E-state index contributed by atoms with van der Waals surface area (Å²) < 4.78 is 57.1. The number of hydrogen-bond donors (Lipinski definition) is 15. The lowest BCUT2D eigenvalue weighted by atomic mass is 9.82. The first-order valence-corrected chi connectivity index (χ1v) is 29.0. The van der Waals surface area contributed by atoms with Crippen LogP contribution >= 0.6 is 11.8 Å². The Labute approximate surface area is 504 Å². The number of primary amides is 1. The standard InChI is InChI=1S/C51H74N8O28S/c1-15-26(52)33(69)25-19(14-80-50(53)77)51(79-6)44-20(11-58(51)29(25)30(15)66)59(44)24(65)8-10-88-9-7-23(64)56-57-45(74)42-41(35(71)37(73)48(86-42)83-38-27(54-17(3)62)16(2)81-21(12-60)31(38)67)85-47-28(55-18(4)63)39(32(68)22(13-61)82-47)84-49-36(72)34(70)40(78-5)43(87-49)46(75)76/h16,19-22,27-28,31-32,34-44,47-49,60-61,67-68,70-73H,7-14,52H2,1-6H3,(H2,53,77)(H,54,62)(H,55,63)(H,56,64)(H,57,74)(H,75,76)/t16-,19+,20-,21?,22?,27?,28?,31+,32+,34+,35+,36?,37?,38+,39+,40-,41-,42?,43?,44-,47-,48+,49+,51+,59?/m0/s1. The van der Waals surface area contributed by atoms with Crippen molar-refractivity contribution in [2.45, 2.75) is 181 Å². The van der Waals surface area contributed by atoms with Gasteiger partial charge in [-0.05, 0) is 13.8 Å². The number of allylic oxidation sites excluding steroid dienone is 2. The van der Waals surface area contributed by atoms with Gasteiger partial charge in [0.05, 0.1) is 48.7 Å². The molecule has 0 radical (unpaired) electrons. The maximum absolute atomic E-state index is 14.4. The van der Waals surface area contributed by atoms with Gasteiger partial charge in [-0.3, -0.25) is 44.4 Å². The summed E-state index contributed by atoms with van der Waals surface area (Å²) >= 11 is 1.16. The molecule has 37 heteroatoms. The van der Waals surface area contributed by atoms with Crippen LogP contribution < -0.4 is 33.0 Å². The van der Waals surface area contributed by atoms with Crippen molar-refractivity contribution in [3.8, 4) is 0 Å². The van der Waals surface area contributed by atoms with Gasteiger partial charge in [0, 0.05) is 70.1 Å². The largest absolute Gasteiger partial charge is 0.479 e. The Morgan fingerprint density at radius 1 is 0.716 bits per heavy atom. The van der Waals surface area contributed by atoms with Crippen LogP contribution in [0.2, 0.25) is 0 Å². The van der Waals surface area contributed by atoms with Crippen molar-refractivity contribution in [2.75, 3.05) is 52.1 Å². The average molecular weight is 1280 g/mol. The molecule has 0 spiro atoms. The van der Waals surface area contributed by atoms with Crippen molar-refractivity contribution in [3.63, 3.8) is 0 Å². The maximum atomic E-state index is 14.4. The Balaban J connectivity index is 0.953. The fourth-order valence-electron chi connectivity index (χ4n) is 12.4. The molecule has 6 saturated heterocycles. The Morgan fingerprint density at radius 2 is 1.27 bits per heavy atom. The molecule has 0 aromatic heterocycles. The minimum Gasteiger partial charge on any atom is -0.479 e. The number of carbonyl (C=O) groups excluding carboxylic acids is 8. The molecule has 17 N–H and O–H groups in total. The molecule has 24 atom stereocenters. The van der Waals surface area contributed by atoms with E-state index < -0.39 is 213 Å². The molecule has 0 bridgehead atoms. The molecule has 8 rings (SSSR count). The van der Waals surface area contributed by atoms with Crippen molar-refractivity contribution in [2.24, 2.45) is 17.4 Å². The number of thioether (sulfide) groups is 1. The Bertz CT molecular complexity index is 2770. The number of aliphatic carboxylic acids is 1. The zero-order chi connectivity index (χ0) is 64.7. The molecule has 7 aliphatic heterocycles. The Morgan fingerprint density at radius 3 is 1.84 bits per heavy atom. The number of rotatable bonds is 22. The van der Waals surface area contributed by atoms with Crippen molar-refractivity contribution >= 4 is 64.9 Å². The number of hydrogen-bond acceptors (Lipinski definition) is 30. The number of amides is 6. The molecule has 0 aromatic carbocycles. The van der Waals surface area contributed by atoms with E-state index >= 15 is 0 Å². The molecule has 6 amide bonds. The van der Waals surface area contributed by atoms with Crippen molar-refractivity contribution < 1.29 is 136 Å². The summed E-state index contributed by atoms with van der Waals surface area (Å²) in [5, 5.41) is 103. The van der Waals surface area contributed by atoms with Crippen LogP contribution in [0.1, 0.15) is 40.5 Å². The van der Waals surface area contributed by atoms with E-state index in [1.165, 1.54) is 25.9 Å². The molecule has 8 unspecified atom stereocenters. The number of nitrogens with one attached hydrogen (secondary N) is 4. The van der Waals surface area contributed by atoms with Gasteiger partial charge < -0.3 is 125 Å². The molecule has 36 nitrogen and oxygen atoms in total. The zero-order valence-electron chi connectivity index (χ0n) is 48.2. The number of fused-ring (bicyclic) bond motifs is 4. The lowest BCUT2D eigenvalue weighted by Crippen LogP contribution is -2.71. The second kappa shape index (κ2) is 27.7. The molecular formula is C51H74N8O28S. The van der Waals surface area contributed by atoms with Gasteiger partial charge in [0.1, 0.15) is 91.9 Å². The van der Waals surface area contributed by atoms with Crippen LogP contribution in [0.15, 0.2) is 22.5 Å². The van der Waals surface area contributed by atoms with Gasteiger partial charge in [0.25, 0.3) is 5.91 Å². The zero-order valence-corrected chi connectivity index (χ0v) is 49.0. The van der Waals surface area contributed by atoms with Crippen LogP contribution in [0.4, 0.5) is 4.79 Å². The highest BCUT2D eigenvalue weighted by atomic mass is 32.2. The van der Waals surface area contributed by atoms with Gasteiger partial charge in [-0.2, -0.15) is 11.8 Å². The number of aliphatic hydroxyl groups is 8. The van der Waals surface area contributed by atoms with Crippen LogP contribution in [0.25, 0.3) is 0 Å². The van der Waals surface area contributed by atoms with E-state index in [2.05, 4.69) is 21.5 Å². The SMILES string of the molecule is CO[C@@H]1C(C(=O)O)O[C@@H](O[C@@H]2C(NC(C)=O)[C@H](O[C@@H]3C(C(=O)NNC(=O)CCSCCC(=O)N4[C@H]5[C@@H]4CN4C6=C(C(=O)C(N)=C(C)C6=O)[C@@H](COC(N)=O)[C@@]54OC)O[C@@H](O[C@@H]4C(NC(C)=O)[C@H](C)OC(CO)[C@H]4O)C(O)[C@H]3O)OC(CO)[C@H]2O)C(O)[C@H]1O. The first-order valence-electron chi connectivity index (χ1n) is 27.8. The summed E-state index contributed by atoms with van der Waals surface area (Å²) in [6.07, 6.45) is -36.1. The molecule has 492 valence electrons. The number of ketones is 2. The summed E-state index contributed by atoms with van der Waals surface area (Å²) in [6, 6.07) is -4.24. The molecule has 6 fully saturated rings. The number of nitrogens with zero attached hydrogens (tertiary/aromatic N) is 2. The van der Waals surface area contributed by atoms with Gasteiger partial charge >= 0.3 is 12.1 Å². The Hall–Kier alpha value is -5.82. The first-order chi connectivity index (χ1) is 41.6. The van der Waals surface area contributed by atoms with Gasteiger partial charge in [-0.25, -0.2) is 9.59 Å². The number of carboxylic acid groups (broad SMARTS) is 1. The highest BCUT2D eigenvalue weighted by Gasteiger charge is 2.77. The molecule has 0 saturated carbocycles. The van der Waals surface area contributed by atoms with E-state index in [0.29, 0.717) is 0 Å². The van der Waals surface area contributed by atoms with Crippen molar-refractivity contribution in [1.82, 2.24) is 31.3 Å². The summed E-state index contributed by atoms with van der Waals surface area (Å²) in [7, 11) is 2.36. The van der Waals surface area contributed by atoms with Crippen LogP contribution in [0.3, 0.4) is 0 Å². The third-order valence-electron chi connectivity index (χ3n) is 16.7. The molecular weight excluding hydrogens is 1200 g/mol. The number of piperazine rings is 1. The highest BCUT2D eigenvalue weighted by Crippen LogP contribution is 2.60. The van der Waals surface area contributed by atoms with E-state index in [0.717, 1.165) is 32.7 Å². The number of methoxy groups -OCH3 is 2. The third-order valence-corrected chi connectivity index (χ3v) is 17.7. The summed E-state index contributed by atoms with van der Waals surface area (Å²) in [4.78, 5) is 121. The highest BCUT2D eigenvalue weighted by molar-refractivity contribution is 7.99. The maximum Gasteiger partial charge on any atom is 0.404 e. The molecule has 0 aromatic rings. The van der Waals surface area contributed by atoms with Crippen LogP contribution in [0, 0.1) is 5.92 Å². The van der Waals surface area contributed by atoms with Crippen LogP contribution in [-0.4, -0.2) is 301 Å². The van der Waals surface area contributed by atoms with E-state index in [4.69, 9.17) is 58.8 Å². The molecule has 8 aliphatic rings. The summed E-state index contributed by atoms with van der Waals surface area (Å²) in [5.41, 5.74) is 13.9. The number of ether oxygens (including phenoxy) is 10. The van der Waals surface area contributed by atoms with Crippen molar-refractivity contribution in [1.29, 1.82) is 0 Å². The van der Waals surface area contributed by atoms with Gasteiger partial charge in [0.15, 0.2) is 36.8 Å². The Kier molecular flexibility index (Phi) is 21.5. The second-order valence-corrected chi connectivity index (χ2v) is 23.3. The van der Waals surface area contributed by atoms with E-state index in [1.54, 1.807) is 4.90 Å². The lowest BCUT2D eigenvalue weighted by Gasteiger charge is -2.50. The number of carbonyl (C=O) groups is 9. The third kappa shape index (κ3) is 12.9. The fourth-order valence-corrected chi connectivity index (χ4v) is 13.3. The van der Waals surface area contributed by atoms with Crippen LogP contribution in [-0.2, 0) is 85.7 Å². The lowest BCUT2D eigenvalue weighted by molar-refractivity contribution is -0.365. The molecule has 88 heavy (non-hydrogen) atoms. The molecule has 7 heterocycles. The van der Waals surface area contributed by atoms with Crippen LogP contribution in [0.5, 0.6) is 0 Å². The van der Waals surface area contributed by atoms with E-state index in [9.17, 15) is 89.1 Å². The number of carboxylic acids is 1. The smallest absolute Gasteiger partial charge is 0.404 e. The second-order valence-electron chi connectivity index (χ2n) is 22.0. The minimum absolute atomic E-state index is 0.0205. The first kappa shape index (κ1) is 68.1. The van der Waals surface area contributed by atoms with Gasteiger partial charge in [-0.1, -0.05) is 0 Å². The monoisotopic (exact) mass is 1280 g/mol. The predicted molar refractivity (Wildman–Crippen MR) is 285 cm³/mol. The van der Waals surface area contributed by atoms with E-state index in [1.807, 2.05) is 0 Å². The summed E-state index contributed by atoms with van der Waals surface area (Å²) in [6.45, 7) is 2.78. The number of nitrogens with two attached hydrogens (primary N) is 2. The minimum atomic E-state index is -2.34. The quantitative estimate of drug-likeness (QED) is 0.0207. The normalized spacial score (nSPS) is 39.5. The van der Waals surface area contributed by atoms with Gasteiger partial charge in [-0.15, -0.1) is 0 Å². The number of Topliss-reactive ketones (excluding diaryl/α,β-unsaturated/α-hetero) is 2. The topological polar surface area (TPSA) is 534 Å². The fraction of sp³-hybridized carbons (Fsp3) is 0.745. The van der Waals surface area contributed by atoms with Gasteiger partial charge in [0.2, 0.25) is 35.2 Å². The predicted octanol–water partition coefficient (Wildman–Crippen LogP) is -9.37. The van der Waals surface area contributed by atoms with Crippen molar-refractivity contribution in [3.05, 3.63) is 22.5 Å². The molecule has 1 aliphatic carbocycles. The van der Waals surface area contributed by atoms with E-state index in [-0.39, 0.29) is 59.3 Å².